The molecule has 1 aromatic carbocycles. The molecule has 0 amide bonds. The van der Waals surface area contributed by atoms with E-state index in [1.54, 1.807) is 12.1 Å². The maximum atomic E-state index is 12.7. The van der Waals surface area contributed by atoms with Crippen LogP contribution in [0, 0.1) is 0 Å². The predicted molar refractivity (Wildman–Crippen MR) is 108 cm³/mol. The third kappa shape index (κ3) is 4.45. The number of hydrogen-bond donors (Lipinski definition) is 1. The summed E-state index contributed by atoms with van der Waals surface area (Å²) in [5.74, 6) is -0.749. The predicted octanol–water partition coefficient (Wildman–Crippen LogP) is 5.54. The van der Waals surface area contributed by atoms with E-state index in [2.05, 4.69) is 17.2 Å². The molecule has 2 aromatic rings. The zero-order valence-corrected chi connectivity index (χ0v) is 16.2. The number of pyridine rings is 1. The smallest absolute Gasteiger partial charge is 0.225 e. The second-order valence-electron chi connectivity index (χ2n) is 6.73. The van der Waals surface area contributed by atoms with Gasteiger partial charge >= 0.3 is 0 Å². The molecule has 0 aliphatic heterocycles. The second-order valence-corrected chi connectivity index (χ2v) is 7.11. The Morgan fingerprint density at radius 2 is 1.70 bits per heavy atom. The van der Waals surface area contributed by atoms with Crippen molar-refractivity contribution >= 4 is 28.9 Å². The summed E-state index contributed by atoms with van der Waals surface area (Å²) < 4.78 is 0. The van der Waals surface area contributed by atoms with Gasteiger partial charge in [-0.1, -0.05) is 56.3 Å². The van der Waals surface area contributed by atoms with E-state index in [1.807, 2.05) is 24.3 Å². The van der Waals surface area contributed by atoms with Gasteiger partial charge in [-0.15, -0.1) is 0 Å². The van der Waals surface area contributed by atoms with E-state index in [-0.39, 0.29) is 27.8 Å². The molecule has 1 aliphatic rings. The fraction of sp³-hybridized carbons (Fsp3) is 0.318. The van der Waals surface area contributed by atoms with Crippen LogP contribution in [0.1, 0.15) is 65.4 Å². The number of aromatic nitrogens is 1. The number of nitrogens with one attached hydrogen (secondary N) is 1. The van der Waals surface area contributed by atoms with Gasteiger partial charge in [-0.2, -0.15) is 0 Å². The number of aryl methyl sites for hydroxylation is 1. The standard InChI is InChI=1S/C22H23ClN2O2/c1-2-3-4-5-6-8-15-10-12-16(13-11-15)25-20-18(23)22(27)19-17(21(20)26)9-7-14-24-19/h7,9-14,25H,2-6,8H2,1H3. The molecule has 0 atom stereocenters. The summed E-state index contributed by atoms with van der Waals surface area (Å²) in [6.45, 7) is 2.22. The van der Waals surface area contributed by atoms with Crippen molar-refractivity contribution < 1.29 is 9.59 Å². The van der Waals surface area contributed by atoms with Gasteiger partial charge in [0.05, 0.1) is 5.56 Å². The average Bonchev–Trinajstić information content (AvgIpc) is 2.70. The molecule has 0 bridgehead atoms. The number of halogens is 1. The molecule has 0 radical (unpaired) electrons. The number of hydrogen-bond acceptors (Lipinski definition) is 4. The van der Waals surface area contributed by atoms with E-state index < -0.39 is 5.78 Å². The van der Waals surface area contributed by atoms with Crippen molar-refractivity contribution in [2.75, 3.05) is 5.32 Å². The van der Waals surface area contributed by atoms with Crippen molar-refractivity contribution in [3.8, 4) is 0 Å². The van der Waals surface area contributed by atoms with Crippen molar-refractivity contribution in [1.29, 1.82) is 0 Å². The van der Waals surface area contributed by atoms with Crippen LogP contribution in [-0.4, -0.2) is 16.6 Å². The van der Waals surface area contributed by atoms with E-state index in [9.17, 15) is 9.59 Å². The number of rotatable bonds is 8. The normalized spacial score (nSPS) is 13.7. The van der Waals surface area contributed by atoms with Gasteiger partial charge in [0, 0.05) is 11.9 Å². The Morgan fingerprint density at radius 1 is 0.963 bits per heavy atom. The third-order valence-electron chi connectivity index (χ3n) is 4.71. The summed E-state index contributed by atoms with van der Waals surface area (Å²) >= 11 is 6.15. The molecule has 1 aliphatic carbocycles. The Labute approximate surface area is 164 Å². The molecule has 140 valence electrons. The lowest BCUT2D eigenvalue weighted by atomic mass is 9.96. The first-order valence-corrected chi connectivity index (χ1v) is 9.79. The van der Waals surface area contributed by atoms with Crippen molar-refractivity contribution in [2.45, 2.75) is 45.4 Å². The van der Waals surface area contributed by atoms with Crippen LogP contribution in [0.4, 0.5) is 5.69 Å². The van der Waals surface area contributed by atoms with Crippen LogP contribution in [0.2, 0.25) is 0 Å². The van der Waals surface area contributed by atoms with Gasteiger partial charge in [-0.25, -0.2) is 0 Å². The van der Waals surface area contributed by atoms with Crippen LogP contribution in [0.5, 0.6) is 0 Å². The van der Waals surface area contributed by atoms with Gasteiger partial charge in [-0.05, 0) is 42.7 Å². The maximum Gasteiger partial charge on any atom is 0.225 e. The first kappa shape index (κ1) is 19.3. The molecule has 3 rings (SSSR count). The number of fused-ring (bicyclic) bond motifs is 1. The van der Waals surface area contributed by atoms with E-state index in [0.717, 1.165) is 12.1 Å². The maximum absolute atomic E-state index is 12.7. The topological polar surface area (TPSA) is 59.1 Å². The zero-order valence-electron chi connectivity index (χ0n) is 15.4. The van der Waals surface area contributed by atoms with Gasteiger partial charge in [0.25, 0.3) is 0 Å². The highest BCUT2D eigenvalue weighted by atomic mass is 35.5. The van der Waals surface area contributed by atoms with Crippen LogP contribution in [0.25, 0.3) is 0 Å². The number of unbranched alkanes of at least 4 members (excludes halogenated alkanes) is 4. The fourth-order valence-corrected chi connectivity index (χ4v) is 3.39. The van der Waals surface area contributed by atoms with E-state index >= 15 is 0 Å². The number of carbonyl (C=O) groups is 2. The van der Waals surface area contributed by atoms with E-state index in [4.69, 9.17) is 11.6 Å². The molecule has 0 saturated carbocycles. The highest BCUT2D eigenvalue weighted by Crippen LogP contribution is 2.28. The van der Waals surface area contributed by atoms with Crippen LogP contribution >= 0.6 is 11.6 Å². The summed E-state index contributed by atoms with van der Waals surface area (Å²) in [6, 6.07) is 11.1. The SMILES string of the molecule is CCCCCCCc1ccc(NC2=C(Cl)C(=O)c3ncccc3C2=O)cc1. The highest BCUT2D eigenvalue weighted by molar-refractivity contribution is 6.50. The van der Waals surface area contributed by atoms with Crippen LogP contribution in [-0.2, 0) is 6.42 Å². The van der Waals surface area contributed by atoms with Crippen LogP contribution in [0.3, 0.4) is 0 Å². The van der Waals surface area contributed by atoms with Gasteiger partial charge in [-0.3, -0.25) is 14.6 Å². The van der Waals surface area contributed by atoms with Gasteiger partial charge in [0.2, 0.25) is 11.6 Å². The number of Topliss-reactive ketones (excluding diaryl/α,β-unsaturated/α-hetero) is 2. The number of nitrogens with zero attached hydrogens (tertiary/aromatic N) is 1. The zero-order chi connectivity index (χ0) is 19.2. The van der Waals surface area contributed by atoms with Crippen molar-refractivity contribution in [3.05, 3.63) is 70.1 Å². The lowest BCUT2D eigenvalue weighted by Gasteiger charge is -2.18. The van der Waals surface area contributed by atoms with Crippen molar-refractivity contribution in [3.63, 3.8) is 0 Å². The molecule has 5 heteroatoms. The van der Waals surface area contributed by atoms with Crippen molar-refractivity contribution in [2.24, 2.45) is 0 Å². The minimum absolute atomic E-state index is 0.106. The molecule has 1 heterocycles. The highest BCUT2D eigenvalue weighted by Gasteiger charge is 2.32. The molecule has 4 nitrogen and oxygen atoms in total. The summed E-state index contributed by atoms with van der Waals surface area (Å²) in [6.07, 6.45) is 8.79. The Hall–Kier alpha value is -2.46. The minimum Gasteiger partial charge on any atom is -0.351 e. The molecule has 27 heavy (non-hydrogen) atoms. The Balaban J connectivity index is 1.67. The molecular formula is C22H23ClN2O2. The summed E-state index contributed by atoms with van der Waals surface area (Å²) in [5.41, 5.74) is 2.48. The molecule has 0 unspecified atom stereocenters. The van der Waals surface area contributed by atoms with E-state index in [0.29, 0.717) is 0 Å². The quantitative estimate of drug-likeness (QED) is 0.609. The first-order valence-electron chi connectivity index (χ1n) is 9.42. The number of anilines is 1. The lowest BCUT2D eigenvalue weighted by molar-refractivity contribution is 0.0978. The lowest BCUT2D eigenvalue weighted by Crippen LogP contribution is -2.25. The molecule has 1 N–H and O–H groups in total. The second kappa shape index (κ2) is 8.96. The Morgan fingerprint density at radius 3 is 2.44 bits per heavy atom. The molecule has 1 aromatic heterocycles. The van der Waals surface area contributed by atoms with Gasteiger partial charge in [0.15, 0.2) is 0 Å². The fourth-order valence-electron chi connectivity index (χ4n) is 3.16. The monoisotopic (exact) mass is 382 g/mol. The number of carbonyl (C=O) groups excluding carboxylic acids is 2. The summed E-state index contributed by atoms with van der Waals surface area (Å²) in [4.78, 5) is 29.0. The number of ketones is 2. The summed E-state index contributed by atoms with van der Waals surface area (Å²) in [7, 11) is 0. The van der Waals surface area contributed by atoms with Gasteiger partial charge in [0.1, 0.15) is 16.4 Å². The van der Waals surface area contributed by atoms with Crippen LogP contribution < -0.4 is 5.32 Å². The molecular weight excluding hydrogens is 360 g/mol. The average molecular weight is 383 g/mol. The largest absolute Gasteiger partial charge is 0.351 e. The Bertz CT molecular complexity index is 872. The molecule has 0 spiro atoms. The third-order valence-corrected chi connectivity index (χ3v) is 5.07. The van der Waals surface area contributed by atoms with Gasteiger partial charge < -0.3 is 5.32 Å². The summed E-state index contributed by atoms with van der Waals surface area (Å²) in [5, 5.41) is 2.89. The number of benzene rings is 1. The first-order chi connectivity index (χ1) is 13.1. The van der Waals surface area contributed by atoms with E-state index in [1.165, 1.54) is 43.9 Å². The molecule has 0 fully saturated rings. The minimum atomic E-state index is -0.432. The van der Waals surface area contributed by atoms with Crippen molar-refractivity contribution in [1.82, 2.24) is 4.98 Å². The number of allylic oxidation sites excluding steroid dienone is 2. The van der Waals surface area contributed by atoms with Crippen LogP contribution in [0.15, 0.2) is 53.3 Å². The molecule has 0 saturated heterocycles. The Kier molecular flexibility index (Phi) is 6.40.